The second-order valence-corrected chi connectivity index (χ2v) is 6.17. The van der Waals surface area contributed by atoms with Crippen molar-refractivity contribution in [1.29, 1.82) is 0 Å². The summed E-state index contributed by atoms with van der Waals surface area (Å²) in [5.74, 6) is 1.60. The van der Waals surface area contributed by atoms with E-state index in [1.54, 1.807) is 7.11 Å². The molecular formula is C16H26ClN3O. The number of piperidine rings is 1. The first-order valence-electron chi connectivity index (χ1n) is 7.79. The highest BCUT2D eigenvalue weighted by Gasteiger charge is 2.26. The van der Waals surface area contributed by atoms with Crippen molar-refractivity contribution in [2.75, 3.05) is 31.6 Å². The van der Waals surface area contributed by atoms with E-state index in [9.17, 15) is 0 Å². The number of halogens is 1. The summed E-state index contributed by atoms with van der Waals surface area (Å²) in [6, 6.07) is 3.96. The lowest BCUT2D eigenvalue weighted by Gasteiger charge is -2.37. The minimum atomic E-state index is 0.276. The first-order valence-corrected chi connectivity index (χ1v) is 8.17. The molecule has 21 heavy (non-hydrogen) atoms. The summed E-state index contributed by atoms with van der Waals surface area (Å²) in [7, 11) is 1.79. The molecule has 2 rings (SSSR count). The van der Waals surface area contributed by atoms with Gasteiger partial charge >= 0.3 is 0 Å². The Kier molecular flexibility index (Phi) is 6.27. The zero-order valence-electron chi connectivity index (χ0n) is 13.2. The van der Waals surface area contributed by atoms with Crippen molar-refractivity contribution < 1.29 is 4.74 Å². The van der Waals surface area contributed by atoms with Crippen molar-refractivity contribution in [1.82, 2.24) is 10.3 Å². The van der Waals surface area contributed by atoms with Gasteiger partial charge in [0, 0.05) is 26.7 Å². The largest absolute Gasteiger partial charge is 0.379 e. The number of aromatic nitrogens is 1. The van der Waals surface area contributed by atoms with Gasteiger partial charge in [-0.1, -0.05) is 25.4 Å². The maximum atomic E-state index is 6.25. The average molecular weight is 312 g/mol. The standard InChI is InChI=1S/C16H26ClN3O/c1-4-8-18-10-14-13(17)5-6-16(19-14)20-9-7-12(2)15(11-20)21-3/h5-6,12,15,18H,4,7-11H2,1-3H3. The Balaban J connectivity index is 2.07. The normalized spacial score (nSPS) is 22.6. The summed E-state index contributed by atoms with van der Waals surface area (Å²) >= 11 is 6.25. The lowest BCUT2D eigenvalue weighted by Crippen LogP contribution is -2.44. The van der Waals surface area contributed by atoms with Crippen molar-refractivity contribution in [3.8, 4) is 0 Å². The summed E-state index contributed by atoms with van der Waals surface area (Å²) < 4.78 is 5.58. The van der Waals surface area contributed by atoms with Crippen LogP contribution >= 0.6 is 11.6 Å². The number of nitrogens with zero attached hydrogens (tertiary/aromatic N) is 2. The van der Waals surface area contributed by atoms with Crippen LogP contribution in [0.1, 0.15) is 32.4 Å². The molecule has 2 unspecified atom stereocenters. The van der Waals surface area contributed by atoms with Crippen LogP contribution in [0.5, 0.6) is 0 Å². The SMILES string of the molecule is CCCNCc1nc(N2CCC(C)C(OC)C2)ccc1Cl. The second-order valence-electron chi connectivity index (χ2n) is 5.76. The molecule has 1 N–H and O–H groups in total. The predicted molar refractivity (Wildman–Crippen MR) is 88.0 cm³/mol. The highest BCUT2D eigenvalue weighted by Crippen LogP contribution is 2.25. The molecule has 0 bridgehead atoms. The molecule has 0 aliphatic carbocycles. The monoisotopic (exact) mass is 311 g/mol. The number of ether oxygens (including phenoxy) is 1. The van der Waals surface area contributed by atoms with Crippen LogP contribution in [0.25, 0.3) is 0 Å². The van der Waals surface area contributed by atoms with Crippen LogP contribution in [-0.4, -0.2) is 37.8 Å². The lowest BCUT2D eigenvalue weighted by atomic mass is 9.96. The minimum Gasteiger partial charge on any atom is -0.379 e. The van der Waals surface area contributed by atoms with Crippen LogP contribution in [0.3, 0.4) is 0 Å². The van der Waals surface area contributed by atoms with E-state index in [0.717, 1.165) is 55.6 Å². The van der Waals surface area contributed by atoms with Crippen LogP contribution in [0.2, 0.25) is 5.02 Å². The third kappa shape index (κ3) is 4.31. The van der Waals surface area contributed by atoms with Gasteiger partial charge < -0.3 is 15.0 Å². The zero-order chi connectivity index (χ0) is 15.2. The molecule has 2 atom stereocenters. The quantitative estimate of drug-likeness (QED) is 0.819. The minimum absolute atomic E-state index is 0.276. The Morgan fingerprint density at radius 1 is 1.48 bits per heavy atom. The molecule has 0 saturated carbocycles. The molecule has 4 nitrogen and oxygen atoms in total. The Labute approximate surface area is 132 Å². The van der Waals surface area contributed by atoms with Gasteiger partial charge in [-0.15, -0.1) is 0 Å². The highest BCUT2D eigenvalue weighted by atomic mass is 35.5. The molecule has 1 aromatic heterocycles. The van der Waals surface area contributed by atoms with E-state index in [2.05, 4.69) is 24.1 Å². The summed E-state index contributed by atoms with van der Waals surface area (Å²) in [6.45, 7) is 8.03. The van der Waals surface area contributed by atoms with Gasteiger partial charge in [0.15, 0.2) is 0 Å². The first-order chi connectivity index (χ1) is 10.2. The van der Waals surface area contributed by atoms with Crippen LogP contribution in [-0.2, 0) is 11.3 Å². The van der Waals surface area contributed by atoms with Gasteiger partial charge in [0.25, 0.3) is 0 Å². The lowest BCUT2D eigenvalue weighted by molar-refractivity contribution is 0.0496. The van der Waals surface area contributed by atoms with Crippen molar-refractivity contribution in [2.24, 2.45) is 5.92 Å². The molecular weight excluding hydrogens is 286 g/mol. The summed E-state index contributed by atoms with van der Waals surface area (Å²) in [4.78, 5) is 7.04. The molecule has 5 heteroatoms. The summed E-state index contributed by atoms with van der Waals surface area (Å²) in [5, 5.41) is 4.09. The molecule has 1 fully saturated rings. The molecule has 1 saturated heterocycles. The summed E-state index contributed by atoms with van der Waals surface area (Å²) in [5.41, 5.74) is 0.926. The molecule has 0 amide bonds. The Hall–Kier alpha value is -0.840. The Morgan fingerprint density at radius 3 is 3.00 bits per heavy atom. The van der Waals surface area contributed by atoms with Gasteiger partial charge in [0.1, 0.15) is 5.82 Å². The molecule has 2 heterocycles. The maximum Gasteiger partial charge on any atom is 0.129 e. The van der Waals surface area contributed by atoms with Crippen LogP contribution in [0, 0.1) is 5.92 Å². The molecule has 1 aliphatic rings. The van der Waals surface area contributed by atoms with Gasteiger partial charge in [0.05, 0.1) is 16.8 Å². The second kappa shape index (κ2) is 7.97. The van der Waals surface area contributed by atoms with Gasteiger partial charge in [-0.2, -0.15) is 0 Å². The maximum absolute atomic E-state index is 6.25. The molecule has 0 aromatic carbocycles. The van der Waals surface area contributed by atoms with Crippen molar-refractivity contribution in [3.63, 3.8) is 0 Å². The van der Waals surface area contributed by atoms with Crippen molar-refractivity contribution in [3.05, 3.63) is 22.8 Å². The molecule has 1 aliphatic heterocycles. The first kappa shape index (κ1) is 16.5. The number of anilines is 1. The van der Waals surface area contributed by atoms with E-state index >= 15 is 0 Å². The number of hydrogen-bond donors (Lipinski definition) is 1. The third-order valence-electron chi connectivity index (χ3n) is 4.14. The zero-order valence-corrected chi connectivity index (χ0v) is 14.0. The molecule has 118 valence electrons. The van der Waals surface area contributed by atoms with Gasteiger partial charge in [0.2, 0.25) is 0 Å². The number of methoxy groups -OCH3 is 1. The van der Waals surface area contributed by atoms with Gasteiger partial charge in [-0.3, -0.25) is 0 Å². The number of rotatable bonds is 6. The predicted octanol–water partition coefficient (Wildman–Crippen LogP) is 3.10. The third-order valence-corrected chi connectivity index (χ3v) is 4.48. The fourth-order valence-electron chi connectivity index (χ4n) is 2.71. The van der Waals surface area contributed by atoms with E-state index < -0.39 is 0 Å². The topological polar surface area (TPSA) is 37.4 Å². The Bertz CT molecular complexity index is 455. The van der Waals surface area contributed by atoms with E-state index in [4.69, 9.17) is 21.3 Å². The van der Waals surface area contributed by atoms with Crippen LogP contribution in [0.15, 0.2) is 12.1 Å². The number of nitrogens with one attached hydrogen (secondary N) is 1. The number of pyridine rings is 1. The average Bonchev–Trinajstić information content (AvgIpc) is 2.50. The summed E-state index contributed by atoms with van der Waals surface area (Å²) in [6.07, 6.45) is 2.51. The van der Waals surface area contributed by atoms with Gasteiger partial charge in [-0.05, 0) is 37.4 Å². The smallest absolute Gasteiger partial charge is 0.129 e. The van der Waals surface area contributed by atoms with E-state index in [0.29, 0.717) is 5.92 Å². The van der Waals surface area contributed by atoms with E-state index in [-0.39, 0.29) is 6.10 Å². The van der Waals surface area contributed by atoms with E-state index in [1.807, 2.05) is 12.1 Å². The van der Waals surface area contributed by atoms with Gasteiger partial charge in [-0.25, -0.2) is 4.98 Å². The van der Waals surface area contributed by atoms with Crippen LogP contribution in [0.4, 0.5) is 5.82 Å². The fraction of sp³-hybridized carbons (Fsp3) is 0.688. The molecule has 0 radical (unpaired) electrons. The molecule has 0 spiro atoms. The van der Waals surface area contributed by atoms with Crippen molar-refractivity contribution >= 4 is 17.4 Å². The Morgan fingerprint density at radius 2 is 2.29 bits per heavy atom. The van der Waals surface area contributed by atoms with Crippen molar-refractivity contribution in [2.45, 2.75) is 39.3 Å². The van der Waals surface area contributed by atoms with Crippen LogP contribution < -0.4 is 10.2 Å². The highest BCUT2D eigenvalue weighted by molar-refractivity contribution is 6.31. The fourth-order valence-corrected chi connectivity index (χ4v) is 2.88. The number of hydrogen-bond acceptors (Lipinski definition) is 4. The van der Waals surface area contributed by atoms with E-state index in [1.165, 1.54) is 0 Å². The molecule has 1 aromatic rings.